The third kappa shape index (κ3) is 16.3. The standard InChI is InChI=1S/2C9H18N.4C4H8O.2C4H9.Al.Li/c2*1-8(2)6-5-7-9(3,4)10-8;4*1-2-4-5-3-1;2*1-4(2)3;;/h2*5-7H2,1-4H3;4*1-4H2;2*4H,1H2,2-3H3;;/q2*-1;;;;;;;2*+1. The molecule has 50 heavy (non-hydrogen) atoms. The van der Waals surface area contributed by atoms with Crippen LogP contribution in [0.4, 0.5) is 0 Å². The van der Waals surface area contributed by atoms with E-state index in [1.807, 2.05) is 0 Å². The van der Waals surface area contributed by atoms with Crippen LogP contribution in [0.3, 0.4) is 0 Å². The Morgan fingerprint density at radius 1 is 0.400 bits per heavy atom. The maximum atomic E-state index is 4.94. The van der Waals surface area contributed by atoms with Gasteiger partial charge in [0.25, 0.3) is 0 Å². The van der Waals surface area contributed by atoms with Crippen molar-refractivity contribution in [1.82, 2.24) is 7.77 Å². The molecule has 6 aliphatic heterocycles. The number of ether oxygens (including phenoxy) is 4. The van der Waals surface area contributed by atoms with Gasteiger partial charge in [-0.25, -0.2) is 0 Å². The summed E-state index contributed by atoms with van der Waals surface area (Å²) in [5, 5.41) is 2.84. The van der Waals surface area contributed by atoms with Gasteiger partial charge in [-0.2, -0.15) is 10.6 Å². The van der Waals surface area contributed by atoms with E-state index in [2.05, 4.69) is 90.9 Å². The smallest absolute Gasteiger partial charge is 0.491 e. The molecule has 0 spiro atoms. The third-order valence-electron chi connectivity index (χ3n) is 11.7. The van der Waals surface area contributed by atoms with Crippen LogP contribution < -0.4 is 18.9 Å². The summed E-state index contributed by atoms with van der Waals surface area (Å²) in [5.41, 5.74) is 1.17. The molecule has 6 nitrogen and oxygen atoms in total. The Kier molecular flexibility index (Phi) is 23.2. The molecule has 6 aliphatic rings. The van der Waals surface area contributed by atoms with Gasteiger partial charge in [-0.3, -0.25) is 0 Å². The number of hydrogen-bond acceptors (Lipinski definition) is 6. The van der Waals surface area contributed by atoms with Gasteiger partial charge in [0, 0.05) is 52.9 Å². The van der Waals surface area contributed by atoms with Gasteiger partial charge >= 0.3 is 32.4 Å². The van der Waals surface area contributed by atoms with Gasteiger partial charge in [0.1, 0.15) is 0 Å². The Morgan fingerprint density at radius 3 is 0.740 bits per heavy atom. The van der Waals surface area contributed by atoms with Gasteiger partial charge in [-0.1, -0.05) is 108 Å². The average Bonchev–Trinajstić information content (AvgIpc) is 3.83. The van der Waals surface area contributed by atoms with Crippen molar-refractivity contribution >= 4 is 13.5 Å². The van der Waals surface area contributed by atoms with Crippen molar-refractivity contribution in [3.05, 3.63) is 0 Å². The van der Waals surface area contributed by atoms with E-state index in [1.54, 1.807) is 0 Å². The Morgan fingerprint density at radius 2 is 0.600 bits per heavy atom. The molecular formula is C42H86AlLiN2O4. The van der Waals surface area contributed by atoms with Crippen LogP contribution in [0.1, 0.15) is 173 Å². The summed E-state index contributed by atoms with van der Waals surface area (Å²) in [6.45, 7) is 38.6. The average molecular weight is 717 g/mol. The fourth-order valence-electron chi connectivity index (χ4n) is 10.8. The van der Waals surface area contributed by atoms with Gasteiger partial charge in [0.2, 0.25) is 0 Å². The minimum atomic E-state index is -2.41. The van der Waals surface area contributed by atoms with Crippen LogP contribution in [0.15, 0.2) is 0 Å². The first kappa shape index (κ1) is 48.9. The van der Waals surface area contributed by atoms with Gasteiger partial charge in [0.05, 0.1) is 0 Å². The van der Waals surface area contributed by atoms with Crippen LogP contribution in [0.2, 0.25) is 10.6 Å². The van der Waals surface area contributed by atoms with Gasteiger partial charge in [-0.05, 0) is 99.2 Å². The topological polar surface area (TPSA) is 43.4 Å². The van der Waals surface area contributed by atoms with Crippen molar-refractivity contribution in [2.45, 2.75) is 206 Å². The number of piperidine rings is 2. The Hall–Kier alpha value is 0.890. The van der Waals surface area contributed by atoms with Crippen LogP contribution in [0.5, 0.6) is 0 Å². The summed E-state index contributed by atoms with van der Waals surface area (Å²) in [6.07, 6.45) is 18.4. The Bertz CT molecular complexity index is 713. The summed E-state index contributed by atoms with van der Waals surface area (Å²) in [6, 6.07) is 0. The SMILES string of the molecule is C1CCOC1.C1CCOC1.C1CCOC1.C1CCOC1.CC(C)[CH2][Al-]([CH2]C(C)C)([N]1C(C)(C)CCCC1(C)C)[N]1C(C)(C)CCCC1(C)C.[Li+]. The zero-order chi connectivity index (χ0) is 36.6. The second kappa shape index (κ2) is 23.7. The maximum Gasteiger partial charge on any atom is 1.00 e. The fraction of sp³-hybridized carbons (Fsp3) is 1.00. The molecule has 0 amide bonds. The molecule has 0 aromatic heterocycles. The van der Waals surface area contributed by atoms with E-state index in [4.69, 9.17) is 18.9 Å². The van der Waals surface area contributed by atoms with Crippen LogP contribution in [0.25, 0.3) is 0 Å². The molecule has 0 aromatic carbocycles. The largest absolute Gasteiger partial charge is 1.00 e. The van der Waals surface area contributed by atoms with E-state index < -0.39 is 13.5 Å². The van der Waals surface area contributed by atoms with Crippen molar-refractivity contribution < 1.29 is 37.8 Å². The summed E-state index contributed by atoms with van der Waals surface area (Å²) in [4.78, 5) is 0. The predicted octanol–water partition coefficient (Wildman–Crippen LogP) is 8.02. The molecule has 0 bridgehead atoms. The molecule has 0 atom stereocenters. The summed E-state index contributed by atoms with van der Waals surface area (Å²) in [5.74, 6) is 1.50. The molecule has 0 radical (unpaired) electrons. The molecule has 8 heteroatoms. The quantitative estimate of drug-likeness (QED) is 0.260. The van der Waals surface area contributed by atoms with E-state index in [1.165, 1.54) is 100 Å². The third-order valence-corrected chi connectivity index (χ3v) is 19.8. The normalized spacial score (nSPS) is 25.6. The molecule has 6 fully saturated rings. The summed E-state index contributed by atoms with van der Waals surface area (Å²) in [7, 11) is 0. The van der Waals surface area contributed by atoms with Crippen LogP contribution in [-0.2, 0) is 18.9 Å². The van der Waals surface area contributed by atoms with Crippen LogP contribution in [0, 0.1) is 11.8 Å². The van der Waals surface area contributed by atoms with Crippen molar-refractivity contribution in [2.75, 3.05) is 52.9 Å². The first-order valence-electron chi connectivity index (χ1n) is 21.1. The monoisotopic (exact) mass is 717 g/mol. The number of rotatable bonds is 6. The zero-order valence-corrected chi connectivity index (χ0v) is 37.4. The maximum absolute atomic E-state index is 4.94. The zero-order valence-electron chi connectivity index (χ0n) is 36.2. The second-order valence-electron chi connectivity index (χ2n) is 19.4. The second-order valence-corrected chi connectivity index (χ2v) is 23.6. The molecule has 0 aromatic rings. The molecule has 292 valence electrons. The van der Waals surface area contributed by atoms with Gasteiger partial charge in [0.15, 0.2) is 0 Å². The first-order valence-corrected chi connectivity index (χ1v) is 23.7. The van der Waals surface area contributed by atoms with Crippen molar-refractivity contribution in [3.63, 3.8) is 0 Å². The van der Waals surface area contributed by atoms with E-state index in [-0.39, 0.29) is 18.9 Å². The molecular weight excluding hydrogens is 630 g/mol. The van der Waals surface area contributed by atoms with E-state index in [0.29, 0.717) is 22.2 Å². The molecule has 0 unspecified atom stereocenters. The van der Waals surface area contributed by atoms with Crippen molar-refractivity contribution in [3.8, 4) is 0 Å². The summed E-state index contributed by atoms with van der Waals surface area (Å²) < 4.78 is 26.2. The fourth-order valence-corrected chi connectivity index (χ4v) is 20.8. The van der Waals surface area contributed by atoms with Gasteiger partial charge < -0.3 is 26.7 Å². The van der Waals surface area contributed by atoms with Gasteiger partial charge in [-0.15, -0.1) is 0 Å². The Balaban J connectivity index is 0.000000468. The van der Waals surface area contributed by atoms with E-state index in [9.17, 15) is 0 Å². The van der Waals surface area contributed by atoms with Crippen molar-refractivity contribution in [2.24, 2.45) is 11.8 Å². The minimum Gasteiger partial charge on any atom is -0.491 e. The molecule has 0 aliphatic carbocycles. The first-order chi connectivity index (χ1) is 23.0. The van der Waals surface area contributed by atoms with E-state index >= 15 is 0 Å². The molecule has 0 N–H and O–H groups in total. The molecule has 6 rings (SSSR count). The molecule has 6 saturated heterocycles. The predicted molar refractivity (Wildman–Crippen MR) is 213 cm³/mol. The molecule has 6 heterocycles. The van der Waals surface area contributed by atoms with Crippen molar-refractivity contribution in [1.29, 1.82) is 0 Å². The minimum absolute atomic E-state index is 0. The Labute approximate surface area is 327 Å². The summed E-state index contributed by atoms with van der Waals surface area (Å²) >= 11 is -2.41. The van der Waals surface area contributed by atoms with E-state index in [0.717, 1.165) is 64.7 Å². The van der Waals surface area contributed by atoms with Crippen LogP contribution in [-0.4, -0.2) is 96.3 Å². The van der Waals surface area contributed by atoms with Crippen LogP contribution >= 0.6 is 0 Å². The molecule has 0 saturated carbocycles. The number of nitrogens with zero attached hydrogens (tertiary/aromatic N) is 2. The number of hydrogen-bond donors (Lipinski definition) is 0.